The number of benzene rings is 3. The number of hydrogen-bond donors (Lipinski definition) is 3. The van der Waals surface area contributed by atoms with Gasteiger partial charge in [0.15, 0.2) is 5.13 Å². The van der Waals surface area contributed by atoms with Crippen molar-refractivity contribution in [3.8, 4) is 5.75 Å². The molecular formula is C32H27N7O3S. The number of thiazole rings is 1. The Hall–Kier alpha value is -5.13. The molecule has 3 N–H and O–H groups in total. The summed E-state index contributed by atoms with van der Waals surface area (Å²) in [6.07, 6.45) is 2.48. The van der Waals surface area contributed by atoms with Crippen LogP contribution in [0.5, 0.6) is 5.75 Å². The first-order valence-corrected chi connectivity index (χ1v) is 14.6. The number of nitrogens with zero attached hydrogens (tertiary/aromatic N) is 4. The maximum absolute atomic E-state index is 13.4. The molecule has 3 aromatic carbocycles. The molecule has 0 spiro atoms. The normalized spacial score (nSPS) is 13.1. The van der Waals surface area contributed by atoms with Crippen molar-refractivity contribution in [2.75, 3.05) is 24.3 Å². The number of carbonyl (C=O) groups excluding carboxylic acids is 2. The van der Waals surface area contributed by atoms with Crippen molar-refractivity contribution >= 4 is 56.0 Å². The quantitative estimate of drug-likeness (QED) is 0.220. The highest BCUT2D eigenvalue weighted by Crippen LogP contribution is 2.30. The molecule has 0 saturated heterocycles. The molecule has 7 rings (SSSR count). The first-order valence-electron chi connectivity index (χ1n) is 13.8. The van der Waals surface area contributed by atoms with E-state index in [1.54, 1.807) is 31.5 Å². The zero-order valence-electron chi connectivity index (χ0n) is 23.3. The summed E-state index contributed by atoms with van der Waals surface area (Å²) in [5, 5.41) is 8.15. The smallest absolute Gasteiger partial charge is 0.276 e. The van der Waals surface area contributed by atoms with Gasteiger partial charge in [0.25, 0.3) is 11.8 Å². The number of amides is 2. The van der Waals surface area contributed by atoms with E-state index in [4.69, 9.17) is 9.72 Å². The Kier molecular flexibility index (Phi) is 7.01. The first-order chi connectivity index (χ1) is 21.0. The Morgan fingerprint density at radius 2 is 1.84 bits per heavy atom. The Morgan fingerprint density at radius 1 is 0.977 bits per heavy atom. The van der Waals surface area contributed by atoms with E-state index in [1.807, 2.05) is 42.5 Å². The largest absolute Gasteiger partial charge is 0.497 e. The molecule has 6 aromatic rings. The topological polar surface area (TPSA) is 125 Å². The number of ether oxygens (including phenoxy) is 1. The molecule has 1 aliphatic heterocycles. The molecule has 214 valence electrons. The number of carbonyl (C=O) groups is 2. The van der Waals surface area contributed by atoms with Crippen LogP contribution in [0.3, 0.4) is 0 Å². The van der Waals surface area contributed by atoms with Gasteiger partial charge in [-0.05, 0) is 41.3 Å². The lowest BCUT2D eigenvalue weighted by Crippen LogP contribution is -2.29. The fourth-order valence-electron chi connectivity index (χ4n) is 5.28. The van der Waals surface area contributed by atoms with E-state index in [0.29, 0.717) is 21.7 Å². The third-order valence-corrected chi connectivity index (χ3v) is 8.42. The van der Waals surface area contributed by atoms with Crippen molar-refractivity contribution in [2.24, 2.45) is 0 Å². The number of aromatic amines is 1. The zero-order chi connectivity index (χ0) is 29.3. The highest BCUT2D eigenvalue weighted by Gasteiger charge is 2.23. The minimum atomic E-state index is -0.398. The number of imidazole rings is 1. The lowest BCUT2D eigenvalue weighted by molar-refractivity contribution is 0.101. The summed E-state index contributed by atoms with van der Waals surface area (Å²) in [6, 6.07) is 22.8. The predicted molar refractivity (Wildman–Crippen MR) is 167 cm³/mol. The zero-order valence-corrected chi connectivity index (χ0v) is 24.1. The second kappa shape index (κ2) is 11.3. The minimum Gasteiger partial charge on any atom is -0.497 e. The van der Waals surface area contributed by atoms with Crippen LogP contribution in [-0.4, -0.2) is 50.3 Å². The Morgan fingerprint density at radius 3 is 2.72 bits per heavy atom. The van der Waals surface area contributed by atoms with Crippen LogP contribution in [0.4, 0.5) is 11.1 Å². The van der Waals surface area contributed by atoms with Crippen molar-refractivity contribution in [1.82, 2.24) is 24.8 Å². The fraction of sp³-hybridized carbons (Fsp3) is 0.156. The van der Waals surface area contributed by atoms with Crippen LogP contribution in [0.25, 0.3) is 21.8 Å². The number of methoxy groups -OCH3 is 1. The number of anilines is 2. The fourth-order valence-corrected chi connectivity index (χ4v) is 6.33. The van der Waals surface area contributed by atoms with Crippen LogP contribution < -0.4 is 15.4 Å². The maximum Gasteiger partial charge on any atom is 0.276 e. The van der Waals surface area contributed by atoms with E-state index < -0.39 is 5.91 Å². The molecule has 0 atom stereocenters. The summed E-state index contributed by atoms with van der Waals surface area (Å²) < 4.78 is 5.36. The summed E-state index contributed by atoms with van der Waals surface area (Å²) in [5.41, 5.74) is 3.94. The molecule has 0 fully saturated rings. The lowest BCUT2D eigenvalue weighted by Gasteiger charge is -2.25. The number of pyridine rings is 1. The first kappa shape index (κ1) is 26.7. The Labute approximate surface area is 250 Å². The molecule has 0 saturated carbocycles. The van der Waals surface area contributed by atoms with Crippen molar-refractivity contribution in [1.29, 1.82) is 0 Å². The van der Waals surface area contributed by atoms with Gasteiger partial charge in [-0.2, -0.15) is 0 Å². The number of H-pyrrole nitrogens is 1. The number of aromatic nitrogens is 4. The predicted octanol–water partition coefficient (Wildman–Crippen LogP) is 5.64. The molecule has 2 amide bonds. The molecule has 43 heavy (non-hydrogen) atoms. The van der Waals surface area contributed by atoms with Gasteiger partial charge in [0, 0.05) is 42.5 Å². The summed E-state index contributed by atoms with van der Waals surface area (Å²) in [6.45, 7) is 2.47. The lowest BCUT2D eigenvalue weighted by atomic mass is 10.1. The van der Waals surface area contributed by atoms with E-state index in [-0.39, 0.29) is 17.5 Å². The van der Waals surface area contributed by atoms with E-state index in [0.717, 1.165) is 53.1 Å². The van der Waals surface area contributed by atoms with Crippen LogP contribution in [0, 0.1) is 0 Å². The molecule has 0 aliphatic carbocycles. The summed E-state index contributed by atoms with van der Waals surface area (Å²) >= 11 is 1.50. The van der Waals surface area contributed by atoms with Crippen LogP contribution in [0.15, 0.2) is 79.0 Å². The van der Waals surface area contributed by atoms with Crippen LogP contribution >= 0.6 is 11.3 Å². The molecule has 3 aromatic heterocycles. The standard InChI is InChI=1S/C32H27N7O3S/c1-42-22-9-4-6-19(14-22)17-39-13-12-24-27(18-39)43-32(35-24)38-29(40)23-10-5-11-25-28(23)36-31(34-25)37-30(41)26-15-20-7-2-3-8-21(20)16-33-26/h2-11,14-16H,12-13,17-18H2,1H3,(H,35,38,40)(H2,34,36,37,41). The van der Waals surface area contributed by atoms with Gasteiger partial charge in [-0.1, -0.05) is 42.5 Å². The molecule has 4 heterocycles. The number of fused-ring (bicyclic) bond motifs is 3. The van der Waals surface area contributed by atoms with Gasteiger partial charge in [-0.15, -0.1) is 11.3 Å². The second-order valence-electron chi connectivity index (χ2n) is 10.3. The SMILES string of the molecule is COc1cccc(CN2CCc3nc(NC(=O)c4cccc5[nH]c(NC(=O)c6cc7ccccc7cn6)nc45)sc3C2)c1. The highest BCUT2D eigenvalue weighted by atomic mass is 32.1. The molecule has 1 aliphatic rings. The van der Waals surface area contributed by atoms with Crippen molar-refractivity contribution in [2.45, 2.75) is 19.5 Å². The molecule has 0 bridgehead atoms. The molecule has 0 radical (unpaired) electrons. The summed E-state index contributed by atoms with van der Waals surface area (Å²) in [5.74, 6) is 0.368. The van der Waals surface area contributed by atoms with Crippen molar-refractivity contribution in [3.63, 3.8) is 0 Å². The van der Waals surface area contributed by atoms with Gasteiger partial charge in [0.1, 0.15) is 17.0 Å². The minimum absolute atomic E-state index is 0.232. The summed E-state index contributed by atoms with van der Waals surface area (Å²) in [4.78, 5) is 46.4. The van der Waals surface area contributed by atoms with E-state index in [2.05, 4.69) is 42.6 Å². The Bertz CT molecular complexity index is 2000. The average molecular weight is 590 g/mol. The number of para-hydroxylation sites is 1. The van der Waals surface area contributed by atoms with Crippen LogP contribution in [0.2, 0.25) is 0 Å². The molecule has 0 unspecified atom stereocenters. The Balaban J connectivity index is 1.04. The van der Waals surface area contributed by atoms with Gasteiger partial charge in [0.05, 0.1) is 23.9 Å². The third-order valence-electron chi connectivity index (χ3n) is 7.42. The second-order valence-corrected chi connectivity index (χ2v) is 11.4. The van der Waals surface area contributed by atoms with Gasteiger partial charge in [0.2, 0.25) is 5.95 Å². The van der Waals surface area contributed by atoms with Crippen LogP contribution in [-0.2, 0) is 19.5 Å². The monoisotopic (exact) mass is 589 g/mol. The van der Waals surface area contributed by atoms with Crippen LogP contribution in [0.1, 0.15) is 37.0 Å². The van der Waals surface area contributed by atoms with E-state index in [9.17, 15) is 9.59 Å². The number of rotatable bonds is 7. The van der Waals surface area contributed by atoms with E-state index >= 15 is 0 Å². The van der Waals surface area contributed by atoms with E-state index in [1.165, 1.54) is 16.9 Å². The highest BCUT2D eigenvalue weighted by molar-refractivity contribution is 7.15. The average Bonchev–Trinajstić information content (AvgIpc) is 3.63. The maximum atomic E-state index is 13.4. The van der Waals surface area contributed by atoms with Gasteiger partial charge in [-0.3, -0.25) is 30.1 Å². The van der Waals surface area contributed by atoms with Gasteiger partial charge >= 0.3 is 0 Å². The molecule has 10 nitrogen and oxygen atoms in total. The summed E-state index contributed by atoms with van der Waals surface area (Å²) in [7, 11) is 1.67. The van der Waals surface area contributed by atoms with Crippen molar-refractivity contribution in [3.05, 3.63) is 106 Å². The third kappa shape index (κ3) is 5.55. The van der Waals surface area contributed by atoms with Gasteiger partial charge < -0.3 is 9.72 Å². The number of hydrogen-bond acceptors (Lipinski definition) is 8. The van der Waals surface area contributed by atoms with Gasteiger partial charge in [-0.25, -0.2) is 9.97 Å². The molecule has 11 heteroatoms. The number of nitrogens with one attached hydrogen (secondary N) is 3. The van der Waals surface area contributed by atoms with Crippen molar-refractivity contribution < 1.29 is 14.3 Å². The molecular weight excluding hydrogens is 562 g/mol.